The van der Waals surface area contributed by atoms with Crippen molar-refractivity contribution in [3.63, 3.8) is 0 Å². The fourth-order valence-corrected chi connectivity index (χ4v) is 5.44. The van der Waals surface area contributed by atoms with Gasteiger partial charge >= 0.3 is 0 Å². The average molecular weight is 281 g/mol. The third-order valence-corrected chi connectivity index (χ3v) is 6.18. The van der Waals surface area contributed by atoms with Gasteiger partial charge in [0, 0.05) is 18.3 Å². The molecule has 5 nitrogen and oxygen atoms in total. The first-order chi connectivity index (χ1) is 9.08. The number of rotatable bonds is 4. The Kier molecular flexibility index (Phi) is 3.32. The lowest BCUT2D eigenvalue weighted by atomic mass is 10.0. The van der Waals surface area contributed by atoms with Crippen LogP contribution in [0.25, 0.3) is 0 Å². The molecule has 1 unspecified atom stereocenters. The first kappa shape index (κ1) is 13.0. The van der Waals surface area contributed by atoms with Crippen LogP contribution in [0.15, 0.2) is 24.4 Å². The topological polar surface area (TPSA) is 76.3 Å². The van der Waals surface area contributed by atoms with E-state index in [9.17, 15) is 8.42 Å². The Morgan fingerprint density at radius 3 is 2.42 bits per heavy atom. The molecule has 0 aliphatic carbocycles. The summed E-state index contributed by atoms with van der Waals surface area (Å²) >= 11 is 0. The van der Waals surface area contributed by atoms with Gasteiger partial charge in [-0.15, -0.1) is 0 Å². The number of nitrogens with zero attached hydrogens (tertiary/aromatic N) is 2. The highest BCUT2D eigenvalue weighted by molar-refractivity contribution is 7.89. The van der Waals surface area contributed by atoms with E-state index >= 15 is 0 Å². The van der Waals surface area contributed by atoms with Gasteiger partial charge in [-0.3, -0.25) is 4.98 Å². The van der Waals surface area contributed by atoms with Gasteiger partial charge in [0.15, 0.2) is 0 Å². The summed E-state index contributed by atoms with van der Waals surface area (Å²) in [6.45, 7) is 0. The van der Waals surface area contributed by atoms with Gasteiger partial charge in [-0.25, -0.2) is 8.42 Å². The molecule has 2 saturated heterocycles. The molecule has 2 fully saturated rings. The predicted molar refractivity (Wildman–Crippen MR) is 72.8 cm³/mol. The zero-order valence-corrected chi connectivity index (χ0v) is 11.6. The fraction of sp³-hybridized carbons (Fsp3) is 0.615. The normalized spacial score (nSPS) is 28.7. The van der Waals surface area contributed by atoms with Crippen LogP contribution in [0.3, 0.4) is 0 Å². The van der Waals surface area contributed by atoms with Gasteiger partial charge in [0.25, 0.3) is 0 Å². The van der Waals surface area contributed by atoms with Gasteiger partial charge in [0.1, 0.15) is 0 Å². The molecule has 0 radical (unpaired) electrons. The van der Waals surface area contributed by atoms with Crippen LogP contribution in [0.4, 0.5) is 0 Å². The predicted octanol–water partition coefficient (Wildman–Crippen LogP) is 1.04. The van der Waals surface area contributed by atoms with Crippen molar-refractivity contribution in [1.29, 1.82) is 0 Å². The van der Waals surface area contributed by atoms with Crippen LogP contribution in [0.2, 0.25) is 0 Å². The Hall–Kier alpha value is -0.980. The Labute approximate surface area is 113 Å². The minimum Gasteiger partial charge on any atom is -0.322 e. The summed E-state index contributed by atoms with van der Waals surface area (Å²) in [5, 5.41) is 0. The molecule has 1 aromatic heterocycles. The van der Waals surface area contributed by atoms with Crippen LogP contribution in [0.1, 0.15) is 37.4 Å². The van der Waals surface area contributed by atoms with E-state index in [-0.39, 0.29) is 17.8 Å². The van der Waals surface area contributed by atoms with Gasteiger partial charge in [0.2, 0.25) is 10.0 Å². The zero-order valence-electron chi connectivity index (χ0n) is 10.8. The fourth-order valence-electron chi connectivity index (χ4n) is 3.31. The summed E-state index contributed by atoms with van der Waals surface area (Å²) in [5.41, 5.74) is 6.63. The summed E-state index contributed by atoms with van der Waals surface area (Å²) < 4.78 is 26.7. The molecule has 0 aromatic carbocycles. The van der Waals surface area contributed by atoms with Crippen LogP contribution < -0.4 is 5.73 Å². The van der Waals surface area contributed by atoms with Crippen molar-refractivity contribution in [3.8, 4) is 0 Å². The molecule has 2 aliphatic rings. The monoisotopic (exact) mass is 281 g/mol. The first-order valence-electron chi connectivity index (χ1n) is 6.75. The van der Waals surface area contributed by atoms with Gasteiger partial charge in [-0.05, 0) is 37.8 Å². The summed E-state index contributed by atoms with van der Waals surface area (Å²) in [6, 6.07) is 5.28. The van der Waals surface area contributed by atoms with Crippen LogP contribution in [0, 0.1) is 0 Å². The van der Waals surface area contributed by atoms with Crippen molar-refractivity contribution in [1.82, 2.24) is 9.29 Å². The van der Waals surface area contributed by atoms with Crippen molar-refractivity contribution in [2.45, 2.75) is 43.8 Å². The lowest BCUT2D eigenvalue weighted by Crippen LogP contribution is -2.39. The maximum absolute atomic E-state index is 12.5. The molecule has 0 amide bonds. The second-order valence-electron chi connectivity index (χ2n) is 5.43. The summed E-state index contributed by atoms with van der Waals surface area (Å²) in [6.07, 6.45) is 5.65. The van der Waals surface area contributed by atoms with E-state index < -0.39 is 16.1 Å². The van der Waals surface area contributed by atoms with E-state index in [4.69, 9.17) is 5.73 Å². The largest absolute Gasteiger partial charge is 0.322 e. The zero-order chi connectivity index (χ0) is 13.5. The first-order valence-corrected chi connectivity index (χ1v) is 8.36. The average Bonchev–Trinajstić information content (AvgIpc) is 3.00. The van der Waals surface area contributed by atoms with Crippen LogP contribution in [-0.4, -0.2) is 35.5 Å². The van der Waals surface area contributed by atoms with Crippen molar-refractivity contribution >= 4 is 10.0 Å². The van der Waals surface area contributed by atoms with Gasteiger partial charge in [-0.1, -0.05) is 6.07 Å². The highest BCUT2D eigenvalue weighted by Gasteiger charge is 2.46. The number of fused-ring (bicyclic) bond motifs is 2. The molecular formula is C13H19N3O2S. The number of hydrogen-bond donors (Lipinski definition) is 1. The molecule has 2 N–H and O–H groups in total. The maximum Gasteiger partial charge on any atom is 0.216 e. The lowest BCUT2D eigenvalue weighted by Gasteiger charge is -2.23. The summed E-state index contributed by atoms with van der Waals surface area (Å²) in [4.78, 5) is 4.14. The number of aromatic nitrogens is 1. The van der Waals surface area contributed by atoms with E-state index in [2.05, 4.69) is 4.98 Å². The summed E-state index contributed by atoms with van der Waals surface area (Å²) in [7, 11) is -3.27. The minimum absolute atomic E-state index is 0.0446. The molecule has 0 saturated carbocycles. The number of sulfonamides is 1. The van der Waals surface area contributed by atoms with Crippen LogP contribution >= 0.6 is 0 Å². The van der Waals surface area contributed by atoms with Crippen molar-refractivity contribution in [2.75, 3.05) is 5.75 Å². The molecular weight excluding hydrogens is 262 g/mol. The highest BCUT2D eigenvalue weighted by Crippen LogP contribution is 2.40. The van der Waals surface area contributed by atoms with E-state index in [1.807, 2.05) is 6.07 Å². The number of hydrogen-bond acceptors (Lipinski definition) is 4. The quantitative estimate of drug-likeness (QED) is 0.894. The van der Waals surface area contributed by atoms with E-state index in [0.29, 0.717) is 5.69 Å². The third-order valence-electron chi connectivity index (χ3n) is 4.17. The minimum atomic E-state index is -3.27. The Morgan fingerprint density at radius 2 is 1.89 bits per heavy atom. The number of pyridine rings is 1. The highest BCUT2D eigenvalue weighted by atomic mass is 32.2. The lowest BCUT2D eigenvalue weighted by molar-refractivity contribution is 0.394. The molecule has 2 aliphatic heterocycles. The molecule has 0 spiro atoms. The number of nitrogens with two attached hydrogens (primary N) is 1. The molecule has 2 bridgehead atoms. The van der Waals surface area contributed by atoms with Gasteiger partial charge in [0.05, 0.1) is 17.5 Å². The molecule has 6 heteroatoms. The van der Waals surface area contributed by atoms with E-state index in [1.54, 1.807) is 22.6 Å². The van der Waals surface area contributed by atoms with Crippen LogP contribution in [-0.2, 0) is 10.0 Å². The Bertz CT molecular complexity index is 526. The standard InChI is InChI=1S/C13H19N3O2S/c14-12(13-3-1-2-8-15-13)9-19(17,18)16-10-4-5-11(16)7-6-10/h1-3,8,10-12H,4-7,9,14H2. The van der Waals surface area contributed by atoms with Gasteiger partial charge < -0.3 is 5.73 Å². The SMILES string of the molecule is NC(CS(=O)(=O)N1C2CCC1CC2)c1ccccn1. The van der Waals surface area contributed by atoms with E-state index in [1.165, 1.54) is 0 Å². The smallest absolute Gasteiger partial charge is 0.216 e. The maximum atomic E-state index is 12.5. The second kappa shape index (κ2) is 4.85. The van der Waals surface area contributed by atoms with E-state index in [0.717, 1.165) is 25.7 Å². The Morgan fingerprint density at radius 1 is 1.26 bits per heavy atom. The third kappa shape index (κ3) is 2.40. The Balaban J connectivity index is 1.76. The molecule has 3 rings (SSSR count). The molecule has 104 valence electrons. The van der Waals surface area contributed by atoms with Crippen molar-refractivity contribution in [3.05, 3.63) is 30.1 Å². The van der Waals surface area contributed by atoms with Crippen molar-refractivity contribution in [2.24, 2.45) is 5.73 Å². The van der Waals surface area contributed by atoms with Crippen molar-refractivity contribution < 1.29 is 8.42 Å². The molecule has 1 aromatic rings. The molecule has 1 atom stereocenters. The van der Waals surface area contributed by atoms with Crippen LogP contribution in [0.5, 0.6) is 0 Å². The van der Waals surface area contributed by atoms with Gasteiger partial charge in [-0.2, -0.15) is 4.31 Å². The summed E-state index contributed by atoms with van der Waals surface area (Å²) in [5.74, 6) is -0.0446. The molecule has 19 heavy (non-hydrogen) atoms. The molecule has 3 heterocycles. The second-order valence-corrected chi connectivity index (χ2v) is 7.35.